The van der Waals surface area contributed by atoms with Crippen molar-refractivity contribution in [1.29, 1.82) is 0 Å². The highest BCUT2D eigenvalue weighted by atomic mass is 32.2. The van der Waals surface area contributed by atoms with Crippen molar-refractivity contribution >= 4 is 35.0 Å². The van der Waals surface area contributed by atoms with Gasteiger partial charge in [0.2, 0.25) is 0 Å². The molecule has 1 aromatic carbocycles. The highest BCUT2D eigenvalue weighted by Gasteiger charge is 2.37. The number of nitrogens with zero attached hydrogens (tertiary/aromatic N) is 1. The van der Waals surface area contributed by atoms with Crippen LogP contribution in [-0.2, 0) is 14.3 Å². The molecular weight excluding hydrogens is 346 g/mol. The minimum Gasteiger partial charge on any atom is -0.493 e. The van der Waals surface area contributed by atoms with Crippen molar-refractivity contribution in [2.24, 2.45) is 0 Å². The molecule has 2 rings (SSSR count). The third-order valence-corrected chi connectivity index (χ3v) is 4.16. The third kappa shape index (κ3) is 4.33. The number of para-hydroxylation sites is 1. The lowest BCUT2D eigenvalue weighted by atomic mass is 10.1. The van der Waals surface area contributed by atoms with E-state index < -0.39 is 23.7 Å². The summed E-state index contributed by atoms with van der Waals surface area (Å²) in [5.74, 6) is -0.204. The summed E-state index contributed by atoms with van der Waals surface area (Å²) in [5, 5.41) is -0.515. The SMILES string of the molecule is COc1cccc(/C=C2/SC(=O)N(CC(=O)OC(C)C)C2=O)c1OC. The molecule has 0 radical (unpaired) electrons. The summed E-state index contributed by atoms with van der Waals surface area (Å²) in [6.45, 7) is 2.98. The van der Waals surface area contributed by atoms with Crippen LogP contribution in [0.1, 0.15) is 19.4 Å². The fourth-order valence-corrected chi connectivity index (χ4v) is 3.06. The molecule has 1 aromatic rings. The first-order chi connectivity index (χ1) is 11.9. The molecule has 0 aromatic heterocycles. The van der Waals surface area contributed by atoms with Crippen molar-refractivity contribution < 1.29 is 28.6 Å². The molecule has 1 aliphatic rings. The molecular formula is C17H19NO6S. The molecule has 0 unspecified atom stereocenters. The van der Waals surface area contributed by atoms with E-state index >= 15 is 0 Å². The maximum atomic E-state index is 12.4. The van der Waals surface area contributed by atoms with Gasteiger partial charge in [0.15, 0.2) is 11.5 Å². The van der Waals surface area contributed by atoms with E-state index in [9.17, 15) is 14.4 Å². The fraction of sp³-hybridized carbons (Fsp3) is 0.353. The zero-order valence-electron chi connectivity index (χ0n) is 14.4. The second kappa shape index (κ2) is 8.06. The first-order valence-corrected chi connectivity index (χ1v) is 8.34. The van der Waals surface area contributed by atoms with E-state index in [1.807, 2.05) is 0 Å². The number of thioether (sulfide) groups is 1. The van der Waals surface area contributed by atoms with E-state index in [2.05, 4.69) is 0 Å². The minimum atomic E-state index is -0.627. The van der Waals surface area contributed by atoms with Crippen LogP contribution in [0.5, 0.6) is 11.5 Å². The molecule has 0 atom stereocenters. The predicted molar refractivity (Wildman–Crippen MR) is 93.5 cm³/mol. The van der Waals surface area contributed by atoms with Crippen LogP contribution >= 0.6 is 11.8 Å². The van der Waals surface area contributed by atoms with Crippen LogP contribution < -0.4 is 9.47 Å². The lowest BCUT2D eigenvalue weighted by Crippen LogP contribution is -2.35. The molecule has 2 amide bonds. The Morgan fingerprint density at radius 1 is 1.24 bits per heavy atom. The number of benzene rings is 1. The van der Waals surface area contributed by atoms with E-state index in [0.717, 1.165) is 16.7 Å². The molecule has 0 spiro atoms. The van der Waals surface area contributed by atoms with Gasteiger partial charge in [-0.2, -0.15) is 0 Å². The Hall–Kier alpha value is -2.48. The summed E-state index contributed by atoms with van der Waals surface area (Å²) in [6, 6.07) is 5.21. The summed E-state index contributed by atoms with van der Waals surface area (Å²) in [4.78, 5) is 37.3. The highest BCUT2D eigenvalue weighted by molar-refractivity contribution is 8.18. The van der Waals surface area contributed by atoms with E-state index in [0.29, 0.717) is 17.1 Å². The number of amides is 2. The second-order valence-electron chi connectivity index (χ2n) is 5.39. The van der Waals surface area contributed by atoms with Gasteiger partial charge in [-0.25, -0.2) is 0 Å². The van der Waals surface area contributed by atoms with Gasteiger partial charge in [0.05, 0.1) is 25.2 Å². The molecule has 1 saturated heterocycles. The quantitative estimate of drug-likeness (QED) is 0.566. The van der Waals surface area contributed by atoms with Crippen LogP contribution in [0, 0.1) is 0 Å². The lowest BCUT2D eigenvalue weighted by molar-refractivity contribution is -0.149. The van der Waals surface area contributed by atoms with Gasteiger partial charge in [-0.1, -0.05) is 12.1 Å². The van der Waals surface area contributed by atoms with Crippen LogP contribution in [0.4, 0.5) is 4.79 Å². The maximum absolute atomic E-state index is 12.4. The molecule has 1 heterocycles. The van der Waals surface area contributed by atoms with Crippen molar-refractivity contribution in [1.82, 2.24) is 4.90 Å². The van der Waals surface area contributed by atoms with Gasteiger partial charge < -0.3 is 14.2 Å². The molecule has 0 bridgehead atoms. The summed E-state index contributed by atoms with van der Waals surface area (Å²) < 4.78 is 15.5. The van der Waals surface area contributed by atoms with Gasteiger partial charge >= 0.3 is 5.97 Å². The van der Waals surface area contributed by atoms with Crippen LogP contribution in [0.25, 0.3) is 6.08 Å². The number of carbonyl (C=O) groups excluding carboxylic acids is 3. The van der Waals surface area contributed by atoms with E-state index in [1.165, 1.54) is 14.2 Å². The number of imide groups is 1. The Kier molecular flexibility index (Phi) is 6.08. The fourth-order valence-electron chi connectivity index (χ4n) is 2.23. The first kappa shape index (κ1) is 18.9. The zero-order valence-corrected chi connectivity index (χ0v) is 15.2. The van der Waals surface area contributed by atoms with Gasteiger partial charge in [0.25, 0.3) is 11.1 Å². The number of methoxy groups -OCH3 is 2. The van der Waals surface area contributed by atoms with E-state index in [-0.39, 0.29) is 11.0 Å². The van der Waals surface area contributed by atoms with Crippen molar-refractivity contribution in [2.75, 3.05) is 20.8 Å². The molecule has 7 nitrogen and oxygen atoms in total. The number of hydrogen-bond donors (Lipinski definition) is 0. The largest absolute Gasteiger partial charge is 0.493 e. The van der Waals surface area contributed by atoms with Crippen LogP contribution in [0.2, 0.25) is 0 Å². The van der Waals surface area contributed by atoms with Gasteiger partial charge in [-0.3, -0.25) is 19.3 Å². The third-order valence-electron chi connectivity index (χ3n) is 3.25. The Morgan fingerprint density at radius 2 is 1.96 bits per heavy atom. The molecule has 0 N–H and O–H groups in total. The molecule has 8 heteroatoms. The average molecular weight is 365 g/mol. The molecule has 134 valence electrons. The first-order valence-electron chi connectivity index (χ1n) is 7.53. The number of hydrogen-bond acceptors (Lipinski definition) is 7. The van der Waals surface area contributed by atoms with Gasteiger partial charge in [0, 0.05) is 5.56 Å². The molecule has 25 heavy (non-hydrogen) atoms. The molecule has 0 saturated carbocycles. The van der Waals surface area contributed by atoms with Crippen LogP contribution in [0.15, 0.2) is 23.1 Å². The predicted octanol–water partition coefficient (Wildman–Crippen LogP) is 2.69. The van der Waals surface area contributed by atoms with Crippen molar-refractivity contribution in [3.05, 3.63) is 28.7 Å². The van der Waals surface area contributed by atoms with Gasteiger partial charge in [0.1, 0.15) is 6.54 Å². The minimum absolute atomic E-state index is 0.203. The zero-order chi connectivity index (χ0) is 18.6. The summed E-state index contributed by atoms with van der Waals surface area (Å²) in [5.41, 5.74) is 0.595. The van der Waals surface area contributed by atoms with Crippen molar-refractivity contribution in [2.45, 2.75) is 20.0 Å². The number of carbonyl (C=O) groups is 3. The lowest BCUT2D eigenvalue weighted by Gasteiger charge is -2.13. The average Bonchev–Trinajstić information content (AvgIpc) is 2.81. The monoisotopic (exact) mass is 365 g/mol. The maximum Gasteiger partial charge on any atom is 0.326 e. The normalized spacial score (nSPS) is 15.9. The number of rotatable bonds is 6. The van der Waals surface area contributed by atoms with Crippen LogP contribution in [0.3, 0.4) is 0 Å². The smallest absolute Gasteiger partial charge is 0.326 e. The van der Waals surface area contributed by atoms with Crippen molar-refractivity contribution in [3.63, 3.8) is 0 Å². The Balaban J connectivity index is 2.25. The standard InChI is InChI=1S/C17H19NO6S/c1-10(2)24-14(19)9-18-16(20)13(25-17(18)21)8-11-6-5-7-12(22-3)15(11)23-4/h5-8,10H,9H2,1-4H3/b13-8+. The van der Waals surface area contributed by atoms with E-state index in [4.69, 9.17) is 14.2 Å². The number of ether oxygens (including phenoxy) is 3. The molecule has 0 aliphatic carbocycles. The summed E-state index contributed by atoms with van der Waals surface area (Å²) >= 11 is 0.765. The molecule has 1 aliphatic heterocycles. The second-order valence-corrected chi connectivity index (χ2v) is 6.38. The van der Waals surface area contributed by atoms with Gasteiger partial charge in [-0.15, -0.1) is 0 Å². The van der Waals surface area contributed by atoms with Crippen LogP contribution in [-0.4, -0.2) is 48.9 Å². The summed E-state index contributed by atoms with van der Waals surface area (Å²) in [7, 11) is 3.00. The Morgan fingerprint density at radius 3 is 2.56 bits per heavy atom. The highest BCUT2D eigenvalue weighted by Crippen LogP contribution is 2.37. The Bertz CT molecular complexity index is 728. The van der Waals surface area contributed by atoms with E-state index in [1.54, 1.807) is 38.1 Å². The van der Waals surface area contributed by atoms with Gasteiger partial charge in [-0.05, 0) is 37.8 Å². The number of esters is 1. The Labute approximate surface area is 149 Å². The topological polar surface area (TPSA) is 82.1 Å². The summed E-state index contributed by atoms with van der Waals surface area (Å²) in [6.07, 6.45) is 1.23. The molecule has 1 fully saturated rings. The van der Waals surface area contributed by atoms with Crippen molar-refractivity contribution in [3.8, 4) is 11.5 Å².